The molecule has 1 unspecified atom stereocenters. The number of hydrazine groups is 1. The van der Waals surface area contributed by atoms with Gasteiger partial charge in [0.05, 0.1) is 5.69 Å². The van der Waals surface area contributed by atoms with Crippen molar-refractivity contribution in [2.45, 2.75) is 26.1 Å². The van der Waals surface area contributed by atoms with Gasteiger partial charge in [0.15, 0.2) is 0 Å². The van der Waals surface area contributed by atoms with Crippen molar-refractivity contribution >= 4 is 34.5 Å². The van der Waals surface area contributed by atoms with Gasteiger partial charge < -0.3 is 4.74 Å². The number of halogens is 1. The van der Waals surface area contributed by atoms with E-state index in [2.05, 4.69) is 5.92 Å². The maximum absolute atomic E-state index is 12.3. The molecule has 1 saturated heterocycles. The summed E-state index contributed by atoms with van der Waals surface area (Å²) in [6, 6.07) is 7.14. The van der Waals surface area contributed by atoms with Gasteiger partial charge in [0.2, 0.25) is 0 Å². The SMILES string of the molecule is C#CCOc1cccc(N2C(=O)SC(C(C)(C)C)N2Cl)c1. The highest BCUT2D eigenvalue weighted by molar-refractivity contribution is 8.14. The molecule has 1 amide bonds. The van der Waals surface area contributed by atoms with Crippen LogP contribution in [0.5, 0.6) is 5.75 Å². The monoisotopic (exact) mass is 324 g/mol. The lowest BCUT2D eigenvalue weighted by molar-refractivity contribution is 0.244. The van der Waals surface area contributed by atoms with Crippen molar-refractivity contribution in [3.05, 3.63) is 24.3 Å². The summed E-state index contributed by atoms with van der Waals surface area (Å²) in [7, 11) is 0. The van der Waals surface area contributed by atoms with Crippen LogP contribution in [0.25, 0.3) is 0 Å². The highest BCUT2D eigenvalue weighted by atomic mass is 35.5. The molecule has 0 aliphatic carbocycles. The molecule has 0 spiro atoms. The molecule has 0 saturated carbocycles. The van der Waals surface area contributed by atoms with Gasteiger partial charge in [-0.15, -0.1) is 11.0 Å². The Morgan fingerprint density at radius 2 is 2.19 bits per heavy atom. The Balaban J connectivity index is 2.26. The summed E-state index contributed by atoms with van der Waals surface area (Å²) >= 11 is 7.57. The van der Waals surface area contributed by atoms with Crippen molar-refractivity contribution in [3.8, 4) is 18.1 Å². The van der Waals surface area contributed by atoms with E-state index < -0.39 is 0 Å². The van der Waals surface area contributed by atoms with E-state index in [1.54, 1.807) is 18.2 Å². The molecule has 112 valence electrons. The van der Waals surface area contributed by atoms with Gasteiger partial charge in [-0.1, -0.05) is 32.8 Å². The zero-order chi connectivity index (χ0) is 15.6. The number of anilines is 1. The lowest BCUT2D eigenvalue weighted by Gasteiger charge is -2.31. The van der Waals surface area contributed by atoms with E-state index in [4.69, 9.17) is 22.9 Å². The van der Waals surface area contributed by atoms with E-state index in [0.717, 1.165) is 0 Å². The Bertz CT molecular complexity index is 580. The molecular weight excluding hydrogens is 308 g/mol. The Kier molecular flexibility index (Phi) is 4.72. The molecule has 4 nitrogen and oxygen atoms in total. The molecule has 1 atom stereocenters. The quantitative estimate of drug-likeness (QED) is 0.618. The van der Waals surface area contributed by atoms with E-state index in [1.807, 2.05) is 26.8 Å². The van der Waals surface area contributed by atoms with Crippen molar-refractivity contribution in [3.63, 3.8) is 0 Å². The molecule has 1 aromatic carbocycles. The third kappa shape index (κ3) is 3.46. The van der Waals surface area contributed by atoms with Crippen LogP contribution < -0.4 is 9.75 Å². The minimum absolute atomic E-state index is 0.112. The zero-order valence-corrected chi connectivity index (χ0v) is 13.7. The van der Waals surface area contributed by atoms with E-state index in [1.165, 1.54) is 21.3 Å². The largest absolute Gasteiger partial charge is 0.481 e. The van der Waals surface area contributed by atoms with Crippen LogP contribution in [0.4, 0.5) is 10.5 Å². The summed E-state index contributed by atoms with van der Waals surface area (Å²) in [5.41, 5.74) is 0.526. The normalized spacial score (nSPS) is 19.7. The van der Waals surface area contributed by atoms with Crippen molar-refractivity contribution < 1.29 is 9.53 Å². The first-order valence-corrected chi connectivity index (χ1v) is 7.68. The summed E-state index contributed by atoms with van der Waals surface area (Å²) in [6.07, 6.45) is 5.17. The fraction of sp³-hybridized carbons (Fsp3) is 0.400. The average Bonchev–Trinajstić information content (AvgIpc) is 2.72. The number of terminal acetylenes is 1. The van der Waals surface area contributed by atoms with Gasteiger partial charge >= 0.3 is 5.24 Å². The fourth-order valence-corrected chi connectivity index (χ4v) is 3.55. The smallest absolute Gasteiger partial charge is 0.303 e. The topological polar surface area (TPSA) is 32.8 Å². The summed E-state index contributed by atoms with van der Waals surface area (Å²) in [5.74, 6) is 3.01. The van der Waals surface area contributed by atoms with Crippen LogP contribution in [-0.4, -0.2) is 21.7 Å². The van der Waals surface area contributed by atoms with E-state index in [0.29, 0.717) is 11.4 Å². The molecule has 0 N–H and O–H groups in total. The van der Waals surface area contributed by atoms with Crippen LogP contribution in [0, 0.1) is 17.8 Å². The van der Waals surface area contributed by atoms with E-state index in [-0.39, 0.29) is 22.6 Å². The lowest BCUT2D eigenvalue weighted by Crippen LogP contribution is -2.40. The predicted molar refractivity (Wildman–Crippen MR) is 87.2 cm³/mol. The van der Waals surface area contributed by atoms with Crippen molar-refractivity contribution in [1.82, 2.24) is 4.53 Å². The number of hydrogen-bond acceptors (Lipinski definition) is 4. The highest BCUT2D eigenvalue weighted by Gasteiger charge is 2.45. The number of ether oxygens (including phenoxy) is 1. The Hall–Kier alpha value is -1.35. The number of amides is 1. The second-order valence-corrected chi connectivity index (χ2v) is 7.07. The van der Waals surface area contributed by atoms with Gasteiger partial charge in [-0.25, -0.2) is 5.01 Å². The molecule has 1 aromatic rings. The molecule has 6 heteroatoms. The van der Waals surface area contributed by atoms with Crippen LogP contribution in [0.3, 0.4) is 0 Å². The number of benzene rings is 1. The summed E-state index contributed by atoms with van der Waals surface area (Å²) in [6.45, 7) is 6.32. The maximum atomic E-state index is 12.3. The number of hydrogen-bond donors (Lipinski definition) is 0. The van der Waals surface area contributed by atoms with E-state index >= 15 is 0 Å². The Morgan fingerprint density at radius 3 is 2.76 bits per heavy atom. The third-order valence-corrected chi connectivity index (χ3v) is 4.86. The molecule has 0 radical (unpaired) electrons. The van der Waals surface area contributed by atoms with Crippen LogP contribution in [0.1, 0.15) is 20.8 Å². The van der Waals surface area contributed by atoms with Crippen molar-refractivity contribution in [1.29, 1.82) is 0 Å². The molecule has 1 fully saturated rings. The van der Waals surface area contributed by atoms with Crippen LogP contribution in [0.15, 0.2) is 24.3 Å². The molecule has 0 bridgehead atoms. The molecule has 21 heavy (non-hydrogen) atoms. The molecule has 0 aromatic heterocycles. The van der Waals surface area contributed by atoms with Crippen molar-refractivity contribution in [2.24, 2.45) is 5.41 Å². The Labute approximate surface area is 134 Å². The maximum Gasteiger partial charge on any atom is 0.303 e. The first-order valence-electron chi connectivity index (χ1n) is 6.46. The Morgan fingerprint density at radius 1 is 1.48 bits per heavy atom. The second-order valence-electron chi connectivity index (χ2n) is 5.69. The summed E-state index contributed by atoms with van der Waals surface area (Å²) in [4.78, 5) is 12.3. The van der Waals surface area contributed by atoms with Crippen molar-refractivity contribution in [2.75, 3.05) is 11.6 Å². The van der Waals surface area contributed by atoms with Gasteiger partial charge in [-0.05, 0) is 29.3 Å². The minimum atomic E-state index is -0.137. The van der Waals surface area contributed by atoms with Gasteiger partial charge in [-0.2, -0.15) is 0 Å². The number of nitrogens with zero attached hydrogens (tertiary/aromatic N) is 2. The van der Waals surface area contributed by atoms with Crippen LogP contribution in [0.2, 0.25) is 0 Å². The van der Waals surface area contributed by atoms with Crippen LogP contribution >= 0.6 is 23.5 Å². The number of thioether (sulfide) groups is 1. The number of carbonyl (C=O) groups excluding carboxylic acids is 1. The van der Waals surface area contributed by atoms with Gasteiger partial charge in [0.25, 0.3) is 0 Å². The number of carbonyl (C=O) groups is 1. The lowest BCUT2D eigenvalue weighted by atomic mass is 9.97. The molecule has 1 aliphatic heterocycles. The van der Waals surface area contributed by atoms with Gasteiger partial charge in [0, 0.05) is 17.8 Å². The standard InChI is InChI=1S/C15H17ClN2O2S/c1-5-9-20-12-8-6-7-11(10-12)17-14(19)21-13(18(17)16)15(2,3)4/h1,6-8,10,13H,9H2,2-4H3. The molecule has 1 aliphatic rings. The number of rotatable bonds is 3. The molecule has 1 heterocycles. The average molecular weight is 325 g/mol. The highest BCUT2D eigenvalue weighted by Crippen LogP contribution is 2.44. The van der Waals surface area contributed by atoms with Gasteiger partial charge in [-0.3, -0.25) is 4.79 Å². The zero-order valence-electron chi connectivity index (χ0n) is 12.2. The summed E-state index contributed by atoms with van der Waals surface area (Å²) in [5, 5.41) is 1.20. The first kappa shape index (κ1) is 16.0. The third-order valence-electron chi connectivity index (χ3n) is 2.90. The molecule has 2 rings (SSSR count). The molecular formula is C15H17ClN2O2S. The first-order chi connectivity index (χ1) is 9.84. The predicted octanol–water partition coefficient (Wildman–Crippen LogP) is 4.11. The van der Waals surface area contributed by atoms with Gasteiger partial charge in [0.1, 0.15) is 17.7 Å². The minimum Gasteiger partial charge on any atom is -0.481 e. The summed E-state index contributed by atoms with van der Waals surface area (Å²) < 4.78 is 6.83. The van der Waals surface area contributed by atoms with E-state index in [9.17, 15) is 4.79 Å². The van der Waals surface area contributed by atoms with Crippen LogP contribution in [-0.2, 0) is 0 Å². The second kappa shape index (κ2) is 6.18. The fourth-order valence-electron chi connectivity index (χ4n) is 1.91.